The highest BCUT2D eigenvalue weighted by molar-refractivity contribution is 14.1. The lowest BCUT2D eigenvalue weighted by Crippen LogP contribution is -1.85. The number of hydrogen-bond acceptors (Lipinski definition) is 3. The normalized spacial score (nSPS) is 10.8. The molecule has 0 saturated carbocycles. The van der Waals surface area contributed by atoms with Crippen molar-refractivity contribution in [2.24, 2.45) is 0 Å². The molecular formula is C10H9IOS2. The second-order valence-electron chi connectivity index (χ2n) is 2.79. The highest BCUT2D eigenvalue weighted by Gasteiger charge is 2.07. The molecule has 0 bridgehead atoms. The molecule has 0 aliphatic rings. The lowest BCUT2D eigenvalue weighted by Gasteiger charge is -2.03. The number of halogens is 1. The monoisotopic (exact) mass is 336 g/mol. The third-order valence-corrected chi connectivity index (χ3v) is 4.75. The number of hydrogen-bond donors (Lipinski definition) is 0. The molecule has 2 aromatic rings. The molecule has 0 aliphatic carbocycles. The standard InChI is InChI=1S/C10H9IOS2/c1-12-8-4-9-6(3-7(8)11)10(13-2)5-14-9/h3-5H,1-2H3. The van der Waals surface area contributed by atoms with Crippen LogP contribution in [0.1, 0.15) is 0 Å². The van der Waals surface area contributed by atoms with Gasteiger partial charge in [-0.1, -0.05) is 0 Å². The molecule has 0 atom stereocenters. The van der Waals surface area contributed by atoms with Crippen molar-refractivity contribution in [1.29, 1.82) is 0 Å². The lowest BCUT2D eigenvalue weighted by atomic mass is 10.2. The van der Waals surface area contributed by atoms with Crippen molar-refractivity contribution < 1.29 is 4.74 Å². The Morgan fingerprint density at radius 3 is 2.86 bits per heavy atom. The van der Waals surface area contributed by atoms with Crippen LogP contribution in [0.4, 0.5) is 0 Å². The van der Waals surface area contributed by atoms with Gasteiger partial charge < -0.3 is 4.74 Å². The minimum Gasteiger partial charge on any atom is -0.496 e. The first-order valence-electron chi connectivity index (χ1n) is 4.05. The van der Waals surface area contributed by atoms with Crippen molar-refractivity contribution in [1.82, 2.24) is 0 Å². The number of rotatable bonds is 2. The van der Waals surface area contributed by atoms with Crippen LogP contribution < -0.4 is 4.74 Å². The Bertz CT molecular complexity index is 464. The Hall–Kier alpha value is 0.0600. The molecule has 1 aromatic heterocycles. The molecule has 1 aromatic carbocycles. The Kier molecular flexibility index (Phi) is 3.23. The van der Waals surface area contributed by atoms with Gasteiger partial charge in [-0.15, -0.1) is 23.1 Å². The van der Waals surface area contributed by atoms with Crippen LogP contribution >= 0.6 is 45.7 Å². The Morgan fingerprint density at radius 2 is 2.21 bits per heavy atom. The van der Waals surface area contributed by atoms with Gasteiger partial charge in [-0.2, -0.15) is 0 Å². The van der Waals surface area contributed by atoms with E-state index in [4.69, 9.17) is 4.74 Å². The van der Waals surface area contributed by atoms with E-state index in [0.717, 1.165) is 5.75 Å². The average Bonchev–Trinajstić information content (AvgIpc) is 2.58. The molecule has 1 heterocycles. The summed E-state index contributed by atoms with van der Waals surface area (Å²) in [5.74, 6) is 0.965. The Balaban J connectivity index is 2.69. The van der Waals surface area contributed by atoms with Gasteiger partial charge in [0, 0.05) is 20.4 Å². The third-order valence-electron chi connectivity index (χ3n) is 2.03. The maximum Gasteiger partial charge on any atom is 0.133 e. The molecule has 14 heavy (non-hydrogen) atoms. The van der Waals surface area contributed by atoms with E-state index < -0.39 is 0 Å². The van der Waals surface area contributed by atoms with E-state index in [1.54, 1.807) is 30.2 Å². The quantitative estimate of drug-likeness (QED) is 0.599. The number of thiophene rings is 1. The summed E-state index contributed by atoms with van der Waals surface area (Å²) >= 11 is 5.88. The summed E-state index contributed by atoms with van der Waals surface area (Å²) in [6, 6.07) is 4.30. The van der Waals surface area contributed by atoms with Crippen molar-refractivity contribution >= 4 is 55.8 Å². The summed E-state index contributed by atoms with van der Waals surface area (Å²) in [6.07, 6.45) is 2.11. The Labute approximate surface area is 105 Å². The lowest BCUT2D eigenvalue weighted by molar-refractivity contribution is 0.412. The minimum absolute atomic E-state index is 0.965. The molecule has 0 fully saturated rings. The van der Waals surface area contributed by atoms with Crippen LogP contribution in [0, 0.1) is 3.57 Å². The first kappa shape index (κ1) is 10.6. The zero-order chi connectivity index (χ0) is 10.1. The minimum atomic E-state index is 0.965. The summed E-state index contributed by atoms with van der Waals surface area (Å²) < 4.78 is 7.76. The number of ether oxygens (including phenoxy) is 1. The van der Waals surface area contributed by atoms with Crippen LogP contribution in [0.25, 0.3) is 10.1 Å². The van der Waals surface area contributed by atoms with Crippen molar-refractivity contribution in [2.75, 3.05) is 13.4 Å². The predicted molar refractivity (Wildman–Crippen MR) is 72.9 cm³/mol. The van der Waals surface area contributed by atoms with Crippen molar-refractivity contribution in [2.45, 2.75) is 4.90 Å². The fourth-order valence-corrected chi connectivity index (χ4v) is 3.82. The highest BCUT2D eigenvalue weighted by atomic mass is 127. The summed E-state index contributed by atoms with van der Waals surface area (Å²) in [7, 11) is 1.71. The SMILES string of the molecule is COc1cc2scc(SC)c2cc1I. The Morgan fingerprint density at radius 1 is 1.43 bits per heavy atom. The van der Waals surface area contributed by atoms with Gasteiger partial charge in [-0.3, -0.25) is 0 Å². The maximum absolute atomic E-state index is 5.29. The molecule has 0 spiro atoms. The smallest absolute Gasteiger partial charge is 0.133 e. The van der Waals surface area contributed by atoms with E-state index in [2.05, 4.69) is 46.4 Å². The fourth-order valence-electron chi connectivity index (χ4n) is 1.32. The van der Waals surface area contributed by atoms with E-state index in [1.165, 1.54) is 18.6 Å². The number of fused-ring (bicyclic) bond motifs is 1. The van der Waals surface area contributed by atoms with E-state index in [0.29, 0.717) is 0 Å². The summed E-state index contributed by atoms with van der Waals surface area (Å²) in [4.78, 5) is 1.35. The topological polar surface area (TPSA) is 9.23 Å². The van der Waals surface area contributed by atoms with Gasteiger partial charge in [0.2, 0.25) is 0 Å². The van der Waals surface area contributed by atoms with Crippen LogP contribution in [-0.2, 0) is 0 Å². The number of thioether (sulfide) groups is 1. The molecule has 0 amide bonds. The van der Waals surface area contributed by atoms with Crippen LogP contribution in [0.15, 0.2) is 22.4 Å². The fraction of sp³-hybridized carbons (Fsp3) is 0.200. The molecule has 0 saturated heterocycles. The predicted octanol–water partition coefficient (Wildman–Crippen LogP) is 4.24. The summed E-state index contributed by atoms with van der Waals surface area (Å²) in [5.41, 5.74) is 0. The molecule has 0 unspecified atom stereocenters. The molecule has 74 valence electrons. The molecule has 2 rings (SSSR count). The van der Waals surface area contributed by atoms with E-state index >= 15 is 0 Å². The maximum atomic E-state index is 5.29. The van der Waals surface area contributed by atoms with Crippen LogP contribution in [0.5, 0.6) is 5.75 Å². The zero-order valence-electron chi connectivity index (χ0n) is 7.83. The average molecular weight is 336 g/mol. The van der Waals surface area contributed by atoms with E-state index in [-0.39, 0.29) is 0 Å². The van der Waals surface area contributed by atoms with Crippen LogP contribution in [0.2, 0.25) is 0 Å². The molecule has 4 heteroatoms. The molecule has 1 nitrogen and oxygen atoms in total. The highest BCUT2D eigenvalue weighted by Crippen LogP contribution is 2.36. The van der Waals surface area contributed by atoms with Gasteiger partial charge in [0.15, 0.2) is 0 Å². The second kappa shape index (κ2) is 4.28. The second-order valence-corrected chi connectivity index (χ2v) is 5.71. The first-order valence-corrected chi connectivity index (χ1v) is 7.23. The number of methoxy groups -OCH3 is 1. The first-order chi connectivity index (χ1) is 6.76. The van der Waals surface area contributed by atoms with Gasteiger partial charge >= 0.3 is 0 Å². The van der Waals surface area contributed by atoms with Gasteiger partial charge in [0.25, 0.3) is 0 Å². The largest absolute Gasteiger partial charge is 0.496 e. The molecular weight excluding hydrogens is 327 g/mol. The third kappa shape index (κ3) is 1.75. The van der Waals surface area contributed by atoms with Crippen LogP contribution in [-0.4, -0.2) is 13.4 Å². The summed E-state index contributed by atoms with van der Waals surface area (Å²) in [5, 5.41) is 3.54. The van der Waals surface area contributed by atoms with Crippen molar-refractivity contribution in [3.05, 3.63) is 21.1 Å². The van der Waals surface area contributed by atoms with E-state index in [1.807, 2.05) is 0 Å². The number of benzene rings is 1. The van der Waals surface area contributed by atoms with Gasteiger partial charge in [0.05, 0.1) is 10.7 Å². The summed E-state index contributed by atoms with van der Waals surface area (Å²) in [6.45, 7) is 0. The van der Waals surface area contributed by atoms with Crippen molar-refractivity contribution in [3.63, 3.8) is 0 Å². The van der Waals surface area contributed by atoms with Gasteiger partial charge in [0.1, 0.15) is 5.75 Å². The zero-order valence-corrected chi connectivity index (χ0v) is 11.6. The van der Waals surface area contributed by atoms with Crippen LogP contribution in [0.3, 0.4) is 0 Å². The molecule has 0 aliphatic heterocycles. The van der Waals surface area contributed by atoms with Gasteiger partial charge in [-0.25, -0.2) is 0 Å². The molecule has 0 N–H and O–H groups in total. The van der Waals surface area contributed by atoms with Crippen molar-refractivity contribution in [3.8, 4) is 5.75 Å². The van der Waals surface area contributed by atoms with E-state index in [9.17, 15) is 0 Å². The van der Waals surface area contributed by atoms with Gasteiger partial charge in [-0.05, 0) is 41.0 Å². The molecule has 0 radical (unpaired) electrons.